The number of carbonyl (C=O) groups excluding carboxylic acids is 2. The lowest BCUT2D eigenvalue weighted by atomic mass is 10.1. The highest BCUT2D eigenvalue weighted by Gasteiger charge is 2.36. The number of hydrogen-bond acceptors (Lipinski definition) is 5. The highest BCUT2D eigenvalue weighted by Crippen LogP contribution is 2.21. The SMILES string of the molecule is COC(=O)[C@@H]1CO[C@@H](C(=O)OC)C1. The molecular formula is C8H12O5. The molecule has 0 aliphatic carbocycles. The number of esters is 2. The minimum absolute atomic E-state index is 0.229. The lowest BCUT2D eigenvalue weighted by Gasteiger charge is -2.05. The molecule has 74 valence electrons. The monoisotopic (exact) mass is 188 g/mol. The Bertz CT molecular complexity index is 191. The first-order valence-corrected chi connectivity index (χ1v) is 3.96. The van der Waals surface area contributed by atoms with Crippen molar-refractivity contribution in [1.29, 1.82) is 0 Å². The topological polar surface area (TPSA) is 61.8 Å². The maximum atomic E-state index is 11.0. The number of methoxy groups -OCH3 is 2. The van der Waals surface area contributed by atoms with Crippen molar-refractivity contribution in [2.45, 2.75) is 12.5 Å². The van der Waals surface area contributed by atoms with Crippen LogP contribution in [0.3, 0.4) is 0 Å². The molecule has 0 radical (unpaired) electrons. The second kappa shape index (κ2) is 4.23. The molecule has 1 heterocycles. The predicted molar refractivity (Wildman–Crippen MR) is 41.9 cm³/mol. The number of rotatable bonds is 2. The summed E-state index contributed by atoms with van der Waals surface area (Å²) >= 11 is 0. The molecule has 0 unspecified atom stereocenters. The van der Waals surface area contributed by atoms with Crippen molar-refractivity contribution < 1.29 is 23.8 Å². The van der Waals surface area contributed by atoms with Crippen LogP contribution in [0.15, 0.2) is 0 Å². The van der Waals surface area contributed by atoms with E-state index in [1.54, 1.807) is 0 Å². The Morgan fingerprint density at radius 2 is 1.85 bits per heavy atom. The Morgan fingerprint density at radius 1 is 1.23 bits per heavy atom. The summed E-state index contributed by atoms with van der Waals surface area (Å²) in [4.78, 5) is 22.0. The second-order valence-electron chi connectivity index (χ2n) is 2.80. The zero-order chi connectivity index (χ0) is 9.84. The first-order valence-electron chi connectivity index (χ1n) is 3.96. The maximum absolute atomic E-state index is 11.0. The zero-order valence-electron chi connectivity index (χ0n) is 7.61. The van der Waals surface area contributed by atoms with Crippen molar-refractivity contribution >= 4 is 11.9 Å². The highest BCUT2D eigenvalue weighted by molar-refractivity contribution is 5.78. The van der Waals surface area contributed by atoms with E-state index in [0.717, 1.165) is 0 Å². The van der Waals surface area contributed by atoms with E-state index in [2.05, 4.69) is 9.47 Å². The quantitative estimate of drug-likeness (QED) is 0.558. The molecule has 0 amide bonds. The van der Waals surface area contributed by atoms with E-state index < -0.39 is 12.1 Å². The van der Waals surface area contributed by atoms with Gasteiger partial charge in [0.1, 0.15) is 0 Å². The van der Waals surface area contributed by atoms with Gasteiger partial charge < -0.3 is 14.2 Å². The van der Waals surface area contributed by atoms with Crippen molar-refractivity contribution in [3.05, 3.63) is 0 Å². The Balaban J connectivity index is 2.44. The predicted octanol–water partition coefficient (Wildman–Crippen LogP) is -0.263. The van der Waals surface area contributed by atoms with Crippen LogP contribution in [0, 0.1) is 5.92 Å². The van der Waals surface area contributed by atoms with Crippen molar-refractivity contribution in [1.82, 2.24) is 0 Å². The first-order chi connectivity index (χ1) is 6.19. The van der Waals surface area contributed by atoms with Gasteiger partial charge in [-0.3, -0.25) is 4.79 Å². The lowest BCUT2D eigenvalue weighted by molar-refractivity contribution is -0.151. The van der Waals surface area contributed by atoms with Gasteiger partial charge in [-0.1, -0.05) is 0 Å². The third-order valence-corrected chi connectivity index (χ3v) is 2.00. The third-order valence-electron chi connectivity index (χ3n) is 2.00. The lowest BCUT2D eigenvalue weighted by Crippen LogP contribution is -2.22. The molecule has 1 aliphatic heterocycles. The Morgan fingerprint density at radius 3 is 2.38 bits per heavy atom. The molecule has 1 rings (SSSR count). The molecule has 13 heavy (non-hydrogen) atoms. The Labute approximate surface area is 76.0 Å². The van der Waals surface area contributed by atoms with Crippen LogP contribution >= 0.6 is 0 Å². The second-order valence-corrected chi connectivity index (χ2v) is 2.80. The fraction of sp³-hybridized carbons (Fsp3) is 0.750. The van der Waals surface area contributed by atoms with Gasteiger partial charge in [0.2, 0.25) is 0 Å². The highest BCUT2D eigenvalue weighted by atomic mass is 16.6. The van der Waals surface area contributed by atoms with Gasteiger partial charge in [-0.05, 0) is 6.42 Å². The summed E-state index contributed by atoms with van der Waals surface area (Å²) in [7, 11) is 2.60. The fourth-order valence-electron chi connectivity index (χ4n) is 1.25. The van der Waals surface area contributed by atoms with Gasteiger partial charge in [0.25, 0.3) is 0 Å². The minimum atomic E-state index is -0.617. The molecule has 1 aliphatic rings. The van der Waals surface area contributed by atoms with Crippen LogP contribution in [0.25, 0.3) is 0 Å². The van der Waals surface area contributed by atoms with Gasteiger partial charge >= 0.3 is 11.9 Å². The van der Waals surface area contributed by atoms with Gasteiger partial charge in [0.05, 0.1) is 26.7 Å². The van der Waals surface area contributed by atoms with Gasteiger partial charge in [-0.25, -0.2) is 4.79 Å². The van der Waals surface area contributed by atoms with Crippen LogP contribution in [0.2, 0.25) is 0 Å². The normalized spacial score (nSPS) is 26.9. The molecule has 0 aromatic rings. The van der Waals surface area contributed by atoms with Gasteiger partial charge in [-0.2, -0.15) is 0 Å². The standard InChI is InChI=1S/C8H12O5/c1-11-7(9)5-3-6(13-4-5)8(10)12-2/h5-6H,3-4H2,1-2H3/t5-,6+/m0/s1. The fourth-order valence-corrected chi connectivity index (χ4v) is 1.25. The van der Waals surface area contributed by atoms with E-state index in [1.165, 1.54) is 14.2 Å². The molecule has 0 aromatic heterocycles. The molecule has 0 spiro atoms. The van der Waals surface area contributed by atoms with E-state index in [0.29, 0.717) is 6.42 Å². The van der Waals surface area contributed by atoms with Crippen LogP contribution < -0.4 is 0 Å². The summed E-state index contributed by atoms with van der Waals surface area (Å²) in [6, 6.07) is 0. The van der Waals surface area contributed by atoms with E-state index in [-0.39, 0.29) is 18.5 Å². The molecule has 1 saturated heterocycles. The summed E-state index contributed by atoms with van der Waals surface area (Å²) in [5.74, 6) is -1.12. The summed E-state index contributed by atoms with van der Waals surface area (Å²) in [5.41, 5.74) is 0. The molecule has 0 N–H and O–H groups in total. The maximum Gasteiger partial charge on any atom is 0.334 e. The van der Waals surface area contributed by atoms with Crippen LogP contribution in [-0.2, 0) is 23.8 Å². The number of ether oxygens (including phenoxy) is 3. The van der Waals surface area contributed by atoms with Crippen molar-refractivity contribution in [3.8, 4) is 0 Å². The molecule has 1 fully saturated rings. The van der Waals surface area contributed by atoms with E-state index in [4.69, 9.17) is 4.74 Å². The largest absolute Gasteiger partial charge is 0.469 e. The molecule has 2 atom stereocenters. The summed E-state index contributed by atoms with van der Waals surface area (Å²) in [6.45, 7) is 0.229. The van der Waals surface area contributed by atoms with E-state index in [9.17, 15) is 9.59 Å². The van der Waals surface area contributed by atoms with Crippen LogP contribution in [-0.4, -0.2) is 38.9 Å². The number of carbonyl (C=O) groups is 2. The molecule has 0 aromatic carbocycles. The molecular weight excluding hydrogens is 176 g/mol. The average Bonchev–Trinajstić information content (AvgIpc) is 2.64. The summed E-state index contributed by atoms with van der Waals surface area (Å²) in [5, 5.41) is 0. The van der Waals surface area contributed by atoms with E-state index >= 15 is 0 Å². The summed E-state index contributed by atoms with van der Waals surface area (Å²) in [6.07, 6.45) is -0.270. The van der Waals surface area contributed by atoms with E-state index in [1.807, 2.05) is 0 Å². The van der Waals surface area contributed by atoms with Gasteiger partial charge in [0, 0.05) is 0 Å². The van der Waals surface area contributed by atoms with Gasteiger partial charge in [-0.15, -0.1) is 0 Å². The number of hydrogen-bond donors (Lipinski definition) is 0. The minimum Gasteiger partial charge on any atom is -0.469 e. The molecule has 5 heteroatoms. The average molecular weight is 188 g/mol. The molecule has 5 nitrogen and oxygen atoms in total. The smallest absolute Gasteiger partial charge is 0.334 e. The van der Waals surface area contributed by atoms with Crippen LogP contribution in [0.1, 0.15) is 6.42 Å². The first kappa shape index (κ1) is 9.98. The van der Waals surface area contributed by atoms with Crippen molar-refractivity contribution in [3.63, 3.8) is 0 Å². The Kier molecular flexibility index (Phi) is 3.25. The third kappa shape index (κ3) is 2.18. The Hall–Kier alpha value is -1.10. The zero-order valence-corrected chi connectivity index (χ0v) is 7.61. The van der Waals surface area contributed by atoms with Crippen molar-refractivity contribution in [2.75, 3.05) is 20.8 Å². The van der Waals surface area contributed by atoms with Gasteiger partial charge in [0.15, 0.2) is 6.10 Å². The van der Waals surface area contributed by atoms with Crippen LogP contribution in [0.4, 0.5) is 0 Å². The molecule has 0 saturated carbocycles. The summed E-state index contributed by atoms with van der Waals surface area (Å²) < 4.78 is 14.1. The van der Waals surface area contributed by atoms with Crippen molar-refractivity contribution in [2.24, 2.45) is 5.92 Å². The van der Waals surface area contributed by atoms with Crippen LogP contribution in [0.5, 0.6) is 0 Å². The molecule has 0 bridgehead atoms.